The average Bonchev–Trinajstić information content (AvgIpc) is 3.00. The number of benzene rings is 1. The van der Waals surface area contributed by atoms with Crippen LogP contribution in [0, 0.1) is 5.41 Å². The van der Waals surface area contributed by atoms with Crippen LogP contribution < -0.4 is 11.1 Å². The molecule has 2 amide bonds. The number of primary amides is 1. The maximum absolute atomic E-state index is 11.9. The summed E-state index contributed by atoms with van der Waals surface area (Å²) in [6.07, 6.45) is 0.519. The van der Waals surface area contributed by atoms with Crippen LogP contribution in [0.4, 0.5) is 4.79 Å². The summed E-state index contributed by atoms with van der Waals surface area (Å²) >= 11 is 3.41. The molecule has 3 N–H and O–H groups in total. The molecule has 1 saturated carbocycles. The van der Waals surface area contributed by atoms with Crippen LogP contribution >= 0.6 is 15.9 Å². The number of carbonyl (C=O) groups is 2. The fourth-order valence-corrected chi connectivity index (χ4v) is 2.96. The molecule has 120 valence electrons. The van der Waals surface area contributed by atoms with Gasteiger partial charge in [-0.2, -0.15) is 0 Å². The largest absolute Gasteiger partial charge is 0.444 e. The van der Waals surface area contributed by atoms with E-state index in [0.29, 0.717) is 12.8 Å². The van der Waals surface area contributed by atoms with Crippen LogP contribution in [0.1, 0.15) is 32.8 Å². The number of hydrogen-bond acceptors (Lipinski definition) is 3. The van der Waals surface area contributed by atoms with Crippen molar-refractivity contribution in [1.29, 1.82) is 0 Å². The van der Waals surface area contributed by atoms with Gasteiger partial charge in [-0.05, 0) is 51.3 Å². The molecule has 0 aliphatic heterocycles. The summed E-state index contributed by atoms with van der Waals surface area (Å²) in [4.78, 5) is 23.7. The first kappa shape index (κ1) is 16.8. The summed E-state index contributed by atoms with van der Waals surface area (Å²) in [7, 11) is 0. The highest BCUT2D eigenvalue weighted by Crippen LogP contribution is 2.48. The molecule has 0 bridgehead atoms. The fraction of sp³-hybridized carbons (Fsp3) is 0.500. The zero-order valence-corrected chi connectivity index (χ0v) is 14.6. The molecule has 2 atom stereocenters. The summed E-state index contributed by atoms with van der Waals surface area (Å²) < 4.78 is 6.17. The Morgan fingerprint density at radius 2 is 2.14 bits per heavy atom. The third-order valence-corrected chi connectivity index (χ3v) is 4.16. The minimum atomic E-state index is -0.725. The highest BCUT2D eigenvalue weighted by atomic mass is 79.9. The summed E-state index contributed by atoms with van der Waals surface area (Å²) in [6.45, 7) is 5.38. The lowest BCUT2D eigenvalue weighted by Gasteiger charge is -2.21. The Balaban J connectivity index is 2.04. The van der Waals surface area contributed by atoms with Gasteiger partial charge in [-0.1, -0.05) is 28.1 Å². The zero-order valence-electron chi connectivity index (χ0n) is 13.0. The average molecular weight is 369 g/mol. The van der Waals surface area contributed by atoms with Gasteiger partial charge < -0.3 is 15.8 Å². The smallest absolute Gasteiger partial charge is 0.407 e. The Labute approximate surface area is 138 Å². The van der Waals surface area contributed by atoms with Crippen LogP contribution in [0.25, 0.3) is 0 Å². The first-order chi connectivity index (χ1) is 10.1. The Bertz CT molecular complexity index is 597. The molecule has 6 heteroatoms. The second kappa shape index (κ2) is 5.91. The molecule has 1 aliphatic carbocycles. The van der Waals surface area contributed by atoms with E-state index < -0.39 is 23.0 Å². The van der Waals surface area contributed by atoms with E-state index in [1.54, 1.807) is 20.8 Å². The molecule has 1 unspecified atom stereocenters. The number of alkyl carbamates (subject to hydrolysis) is 1. The molecule has 1 aromatic rings. The minimum Gasteiger partial charge on any atom is -0.444 e. The Morgan fingerprint density at radius 1 is 1.45 bits per heavy atom. The number of hydrogen-bond donors (Lipinski definition) is 2. The standard InChI is InChI=1S/C16H21BrN2O3/c1-15(2,3)22-14(21)19-12-9-16(12,13(18)20)8-10-5-4-6-11(17)7-10/h4-7,12H,8-9H2,1-3H3,(H2,18,20)(H,19,21)/t12-,16?/m0/s1. The molecular weight excluding hydrogens is 348 g/mol. The number of rotatable bonds is 4. The van der Waals surface area contributed by atoms with Gasteiger partial charge in [0.2, 0.25) is 5.91 Å². The third kappa shape index (κ3) is 4.00. The summed E-state index contributed by atoms with van der Waals surface area (Å²) in [5.41, 5.74) is 5.28. The van der Waals surface area contributed by atoms with Gasteiger partial charge in [0.25, 0.3) is 0 Å². The van der Waals surface area contributed by atoms with Gasteiger partial charge in [-0.3, -0.25) is 4.79 Å². The number of halogens is 1. The predicted octanol–water partition coefficient (Wildman–Crippen LogP) is 2.76. The fourth-order valence-electron chi connectivity index (χ4n) is 2.51. The molecule has 0 radical (unpaired) electrons. The summed E-state index contributed by atoms with van der Waals surface area (Å²) in [6, 6.07) is 7.45. The lowest BCUT2D eigenvalue weighted by molar-refractivity contribution is -0.123. The molecule has 5 nitrogen and oxygen atoms in total. The molecule has 0 saturated heterocycles. The van der Waals surface area contributed by atoms with Crippen molar-refractivity contribution in [3.63, 3.8) is 0 Å². The molecule has 1 aliphatic rings. The number of carbonyl (C=O) groups excluding carboxylic acids is 2. The topological polar surface area (TPSA) is 81.4 Å². The molecular formula is C16H21BrN2O3. The van der Waals surface area contributed by atoms with Crippen molar-refractivity contribution < 1.29 is 14.3 Å². The highest BCUT2D eigenvalue weighted by molar-refractivity contribution is 9.10. The Morgan fingerprint density at radius 3 is 2.68 bits per heavy atom. The SMILES string of the molecule is CC(C)(C)OC(=O)N[C@H]1CC1(Cc1cccc(Br)c1)C(N)=O. The molecule has 1 aromatic carbocycles. The molecule has 0 spiro atoms. The van der Waals surface area contributed by atoms with Crippen molar-refractivity contribution in [2.24, 2.45) is 11.1 Å². The number of ether oxygens (including phenoxy) is 1. The number of nitrogens with one attached hydrogen (secondary N) is 1. The highest BCUT2D eigenvalue weighted by Gasteiger charge is 2.59. The van der Waals surface area contributed by atoms with Crippen molar-refractivity contribution in [2.75, 3.05) is 0 Å². The van der Waals surface area contributed by atoms with Crippen LogP contribution in [-0.2, 0) is 16.0 Å². The van der Waals surface area contributed by atoms with E-state index in [9.17, 15) is 9.59 Å². The maximum Gasteiger partial charge on any atom is 0.407 e. The first-order valence-electron chi connectivity index (χ1n) is 7.16. The van der Waals surface area contributed by atoms with Crippen molar-refractivity contribution in [2.45, 2.75) is 45.3 Å². The van der Waals surface area contributed by atoms with E-state index in [4.69, 9.17) is 10.5 Å². The van der Waals surface area contributed by atoms with E-state index in [0.717, 1.165) is 10.0 Å². The van der Waals surface area contributed by atoms with E-state index in [1.165, 1.54) is 0 Å². The van der Waals surface area contributed by atoms with Gasteiger partial charge in [0.05, 0.1) is 5.41 Å². The normalized spacial score (nSPS) is 23.7. The van der Waals surface area contributed by atoms with Crippen molar-refractivity contribution in [3.05, 3.63) is 34.3 Å². The second-order valence-corrected chi connectivity index (χ2v) is 7.65. The van der Waals surface area contributed by atoms with Gasteiger partial charge in [0.15, 0.2) is 0 Å². The Hall–Kier alpha value is -1.56. The minimum absolute atomic E-state index is 0.279. The predicted molar refractivity (Wildman–Crippen MR) is 87.2 cm³/mol. The Kier molecular flexibility index (Phi) is 4.52. The summed E-state index contributed by atoms with van der Waals surface area (Å²) in [5.74, 6) is -0.395. The van der Waals surface area contributed by atoms with Gasteiger partial charge in [-0.25, -0.2) is 4.79 Å². The van der Waals surface area contributed by atoms with Crippen molar-refractivity contribution in [3.8, 4) is 0 Å². The van der Waals surface area contributed by atoms with Crippen LogP contribution in [0.2, 0.25) is 0 Å². The van der Waals surface area contributed by atoms with Crippen LogP contribution in [0.5, 0.6) is 0 Å². The van der Waals surface area contributed by atoms with Crippen LogP contribution in [0.15, 0.2) is 28.7 Å². The van der Waals surface area contributed by atoms with E-state index in [-0.39, 0.29) is 6.04 Å². The van der Waals surface area contributed by atoms with Gasteiger partial charge >= 0.3 is 6.09 Å². The quantitative estimate of drug-likeness (QED) is 0.856. The first-order valence-corrected chi connectivity index (χ1v) is 7.95. The second-order valence-electron chi connectivity index (χ2n) is 6.73. The molecule has 2 rings (SSSR count). The van der Waals surface area contributed by atoms with Gasteiger partial charge in [0, 0.05) is 10.5 Å². The lowest BCUT2D eigenvalue weighted by Crippen LogP contribution is -2.39. The van der Waals surface area contributed by atoms with Gasteiger partial charge in [0.1, 0.15) is 5.60 Å². The van der Waals surface area contributed by atoms with Gasteiger partial charge in [-0.15, -0.1) is 0 Å². The van der Waals surface area contributed by atoms with Crippen molar-refractivity contribution >= 4 is 27.9 Å². The molecule has 0 heterocycles. The molecule has 1 fully saturated rings. The van der Waals surface area contributed by atoms with Crippen LogP contribution in [0.3, 0.4) is 0 Å². The summed E-state index contributed by atoms with van der Waals surface area (Å²) in [5, 5.41) is 2.74. The molecule has 22 heavy (non-hydrogen) atoms. The monoisotopic (exact) mass is 368 g/mol. The maximum atomic E-state index is 11.9. The number of amides is 2. The van der Waals surface area contributed by atoms with Crippen molar-refractivity contribution in [1.82, 2.24) is 5.32 Å². The zero-order chi connectivity index (χ0) is 16.5. The number of nitrogens with two attached hydrogens (primary N) is 1. The van der Waals surface area contributed by atoms with E-state index >= 15 is 0 Å². The molecule has 0 aromatic heterocycles. The van der Waals surface area contributed by atoms with E-state index in [1.807, 2.05) is 24.3 Å². The van der Waals surface area contributed by atoms with Crippen LogP contribution in [-0.4, -0.2) is 23.6 Å². The third-order valence-electron chi connectivity index (χ3n) is 3.67. The lowest BCUT2D eigenvalue weighted by atomic mass is 9.95. The van der Waals surface area contributed by atoms with E-state index in [2.05, 4.69) is 21.2 Å².